The van der Waals surface area contributed by atoms with Crippen molar-refractivity contribution < 1.29 is 4.79 Å². The lowest BCUT2D eigenvalue weighted by atomic mass is 10.1. The number of hydrogen-bond acceptors (Lipinski definition) is 4. The van der Waals surface area contributed by atoms with Gasteiger partial charge < -0.3 is 20.4 Å². The molecule has 6 nitrogen and oxygen atoms in total. The molecule has 0 spiro atoms. The van der Waals surface area contributed by atoms with E-state index in [0.29, 0.717) is 0 Å². The number of likely N-dealkylation sites (N-methyl/N-ethyl adjacent to an activating group) is 1. The van der Waals surface area contributed by atoms with Crippen LogP contribution in [0.15, 0.2) is 53.0 Å². The molecular weight excluding hydrogens is 430 g/mol. The first-order valence-electron chi connectivity index (χ1n) is 9.66. The predicted octanol–water partition coefficient (Wildman–Crippen LogP) is 4.70. The Morgan fingerprint density at radius 1 is 0.966 bits per heavy atom. The van der Waals surface area contributed by atoms with Gasteiger partial charge in [-0.05, 0) is 68.1 Å². The lowest BCUT2D eigenvalue weighted by Gasteiger charge is -2.33. The van der Waals surface area contributed by atoms with Gasteiger partial charge in [0.2, 0.25) is 0 Å². The van der Waals surface area contributed by atoms with Gasteiger partial charge in [0.25, 0.3) is 0 Å². The molecule has 2 aromatic carbocycles. The molecule has 29 heavy (non-hydrogen) atoms. The second-order valence-electron chi connectivity index (χ2n) is 7.41. The summed E-state index contributed by atoms with van der Waals surface area (Å²) >= 11 is 3.39. The molecule has 1 saturated heterocycles. The van der Waals surface area contributed by atoms with Crippen LogP contribution in [0.25, 0.3) is 10.9 Å². The van der Waals surface area contributed by atoms with Crippen molar-refractivity contribution in [3.8, 4) is 0 Å². The number of anilines is 3. The lowest BCUT2D eigenvalue weighted by molar-refractivity contribution is 0.262. The maximum absolute atomic E-state index is 12.3. The average Bonchev–Trinajstić information content (AvgIpc) is 2.70. The number of carbonyl (C=O) groups is 1. The van der Waals surface area contributed by atoms with Gasteiger partial charge in [-0.1, -0.05) is 15.9 Å². The normalized spacial score (nSPS) is 14.8. The number of benzene rings is 2. The van der Waals surface area contributed by atoms with Gasteiger partial charge in [-0.3, -0.25) is 0 Å². The van der Waals surface area contributed by atoms with Crippen molar-refractivity contribution in [2.24, 2.45) is 0 Å². The molecule has 4 rings (SSSR count). The summed E-state index contributed by atoms with van der Waals surface area (Å²) in [6, 6.07) is 15.2. The van der Waals surface area contributed by atoms with Gasteiger partial charge in [0.15, 0.2) is 0 Å². The van der Waals surface area contributed by atoms with Crippen LogP contribution in [-0.4, -0.2) is 49.1 Å². The number of hydrogen-bond donors (Lipinski definition) is 2. The molecule has 1 aromatic heterocycles. The molecule has 0 saturated carbocycles. The number of aromatic nitrogens is 1. The van der Waals surface area contributed by atoms with Crippen molar-refractivity contribution in [3.05, 3.63) is 58.6 Å². The van der Waals surface area contributed by atoms with Gasteiger partial charge in [-0.2, -0.15) is 0 Å². The van der Waals surface area contributed by atoms with Gasteiger partial charge in [-0.15, -0.1) is 0 Å². The Morgan fingerprint density at radius 3 is 2.34 bits per heavy atom. The second kappa shape index (κ2) is 8.39. The fourth-order valence-electron chi connectivity index (χ4n) is 3.48. The molecular formula is C22H24BrN5O. The minimum atomic E-state index is -0.272. The second-order valence-corrected chi connectivity index (χ2v) is 8.32. The highest BCUT2D eigenvalue weighted by atomic mass is 79.9. The Morgan fingerprint density at radius 2 is 1.62 bits per heavy atom. The van der Waals surface area contributed by atoms with Crippen molar-refractivity contribution >= 4 is 50.1 Å². The SMILES string of the molecule is Cc1cc(N2CCN(C)CC2)nc2ccc(NC(=O)Nc3ccc(Br)cc3)cc12. The van der Waals surface area contributed by atoms with Crippen molar-refractivity contribution in [3.63, 3.8) is 0 Å². The van der Waals surface area contributed by atoms with E-state index >= 15 is 0 Å². The summed E-state index contributed by atoms with van der Waals surface area (Å²) in [4.78, 5) is 21.8. The molecule has 1 fully saturated rings. The van der Waals surface area contributed by atoms with Crippen molar-refractivity contribution in [2.75, 3.05) is 48.8 Å². The molecule has 0 unspecified atom stereocenters. The first-order chi connectivity index (χ1) is 14.0. The predicted molar refractivity (Wildman–Crippen MR) is 123 cm³/mol. The Balaban J connectivity index is 1.50. The summed E-state index contributed by atoms with van der Waals surface area (Å²) in [5, 5.41) is 6.79. The summed E-state index contributed by atoms with van der Waals surface area (Å²) in [6.45, 7) is 6.17. The van der Waals surface area contributed by atoms with Gasteiger partial charge >= 0.3 is 6.03 Å². The van der Waals surface area contributed by atoms with E-state index in [2.05, 4.69) is 56.4 Å². The Bertz CT molecular complexity index is 1030. The molecule has 7 heteroatoms. The Kier molecular flexibility index (Phi) is 5.69. The van der Waals surface area contributed by atoms with Crippen molar-refractivity contribution in [2.45, 2.75) is 6.92 Å². The summed E-state index contributed by atoms with van der Waals surface area (Å²) in [7, 11) is 2.15. The van der Waals surface area contributed by atoms with Crippen LogP contribution in [0.5, 0.6) is 0 Å². The summed E-state index contributed by atoms with van der Waals surface area (Å²) < 4.78 is 0.969. The molecule has 1 aliphatic heterocycles. The Hall–Kier alpha value is -2.64. The number of amides is 2. The van der Waals surface area contributed by atoms with Crippen LogP contribution in [0.3, 0.4) is 0 Å². The third-order valence-electron chi connectivity index (χ3n) is 5.19. The maximum Gasteiger partial charge on any atom is 0.323 e. The number of aryl methyl sites for hydroxylation is 1. The molecule has 2 amide bonds. The van der Waals surface area contributed by atoms with Crippen molar-refractivity contribution in [1.82, 2.24) is 9.88 Å². The van der Waals surface area contributed by atoms with E-state index < -0.39 is 0 Å². The summed E-state index contributed by atoms with van der Waals surface area (Å²) in [6.07, 6.45) is 0. The number of halogens is 1. The van der Waals surface area contributed by atoms with E-state index in [-0.39, 0.29) is 6.03 Å². The number of piperazine rings is 1. The number of fused-ring (bicyclic) bond motifs is 1. The molecule has 1 aliphatic rings. The third-order valence-corrected chi connectivity index (χ3v) is 5.72. The molecule has 2 N–H and O–H groups in total. The van der Waals surface area contributed by atoms with Crippen LogP contribution in [0.2, 0.25) is 0 Å². The van der Waals surface area contributed by atoms with Crippen LogP contribution < -0.4 is 15.5 Å². The highest BCUT2D eigenvalue weighted by Gasteiger charge is 2.16. The van der Waals surface area contributed by atoms with E-state index in [1.165, 1.54) is 0 Å². The lowest BCUT2D eigenvalue weighted by Crippen LogP contribution is -2.44. The Labute approximate surface area is 179 Å². The highest BCUT2D eigenvalue weighted by Crippen LogP contribution is 2.26. The number of urea groups is 1. The molecule has 150 valence electrons. The van der Waals surface area contributed by atoms with Crippen LogP contribution in [0, 0.1) is 6.92 Å². The first kappa shape index (κ1) is 19.7. The zero-order valence-corrected chi connectivity index (χ0v) is 18.2. The monoisotopic (exact) mass is 453 g/mol. The molecule has 0 atom stereocenters. The van der Waals surface area contributed by atoms with E-state index in [1.807, 2.05) is 42.5 Å². The maximum atomic E-state index is 12.3. The van der Waals surface area contributed by atoms with Gasteiger partial charge in [0, 0.05) is 47.4 Å². The fourth-order valence-corrected chi connectivity index (χ4v) is 3.74. The van der Waals surface area contributed by atoms with Crippen LogP contribution in [0.4, 0.5) is 22.0 Å². The molecule has 0 bridgehead atoms. The minimum Gasteiger partial charge on any atom is -0.354 e. The molecule has 3 aromatic rings. The number of rotatable bonds is 3. The van der Waals surface area contributed by atoms with Gasteiger partial charge in [-0.25, -0.2) is 9.78 Å². The zero-order chi connectivity index (χ0) is 20.4. The van der Waals surface area contributed by atoms with Gasteiger partial charge in [0.1, 0.15) is 5.82 Å². The number of pyridine rings is 1. The summed E-state index contributed by atoms with van der Waals surface area (Å²) in [5.41, 5.74) is 3.57. The standard InChI is InChI=1S/C22H24BrN5O/c1-15-13-21(28-11-9-27(2)10-12-28)26-20-8-7-18(14-19(15)20)25-22(29)24-17-5-3-16(23)4-6-17/h3-8,13-14H,9-12H2,1-2H3,(H2,24,25,29). The third kappa shape index (κ3) is 4.68. The fraction of sp³-hybridized carbons (Fsp3) is 0.273. The first-order valence-corrected chi connectivity index (χ1v) is 10.5. The quantitative estimate of drug-likeness (QED) is 0.603. The van der Waals surface area contributed by atoms with E-state index in [4.69, 9.17) is 4.98 Å². The number of nitrogens with zero attached hydrogens (tertiary/aromatic N) is 3. The number of nitrogens with one attached hydrogen (secondary N) is 2. The number of carbonyl (C=O) groups excluding carboxylic acids is 1. The van der Waals surface area contributed by atoms with Crippen LogP contribution >= 0.6 is 15.9 Å². The van der Waals surface area contributed by atoms with Crippen molar-refractivity contribution in [1.29, 1.82) is 0 Å². The topological polar surface area (TPSA) is 60.5 Å². The van der Waals surface area contributed by atoms with Crippen LogP contribution in [0.1, 0.15) is 5.56 Å². The molecule has 2 heterocycles. The van der Waals surface area contributed by atoms with E-state index in [9.17, 15) is 4.79 Å². The largest absolute Gasteiger partial charge is 0.354 e. The van der Waals surface area contributed by atoms with Crippen LogP contribution in [-0.2, 0) is 0 Å². The van der Waals surface area contributed by atoms with Gasteiger partial charge in [0.05, 0.1) is 5.52 Å². The smallest absolute Gasteiger partial charge is 0.323 e. The minimum absolute atomic E-state index is 0.272. The van der Waals surface area contributed by atoms with E-state index in [0.717, 1.165) is 64.3 Å². The zero-order valence-electron chi connectivity index (χ0n) is 16.6. The highest BCUT2D eigenvalue weighted by molar-refractivity contribution is 9.10. The molecule has 0 radical (unpaired) electrons. The summed E-state index contributed by atoms with van der Waals surface area (Å²) in [5.74, 6) is 1.02. The average molecular weight is 454 g/mol. The molecule has 0 aliphatic carbocycles. The van der Waals surface area contributed by atoms with E-state index in [1.54, 1.807) is 0 Å².